The number of aromatic nitrogens is 1. The minimum absolute atomic E-state index is 0.0650. The fraction of sp³-hybridized carbons (Fsp3) is 0.150. The van der Waals surface area contributed by atoms with E-state index in [0.29, 0.717) is 23.5 Å². The van der Waals surface area contributed by atoms with Crippen molar-refractivity contribution in [2.45, 2.75) is 13.1 Å². The van der Waals surface area contributed by atoms with Crippen LogP contribution in [0.1, 0.15) is 31.3 Å². The summed E-state index contributed by atoms with van der Waals surface area (Å²) in [7, 11) is 1.76. The minimum atomic E-state index is -0.0877. The highest BCUT2D eigenvalue weighted by atomic mass is 32.1. The summed E-state index contributed by atoms with van der Waals surface area (Å²) in [5.41, 5.74) is 2.40. The summed E-state index contributed by atoms with van der Waals surface area (Å²) in [6.45, 7) is 0.882. The number of pyridine rings is 1. The van der Waals surface area contributed by atoms with E-state index in [2.05, 4.69) is 10.3 Å². The van der Waals surface area contributed by atoms with Crippen LogP contribution in [0, 0.1) is 0 Å². The van der Waals surface area contributed by atoms with E-state index in [1.165, 1.54) is 11.3 Å². The first-order valence-corrected chi connectivity index (χ1v) is 9.07. The second-order valence-electron chi connectivity index (χ2n) is 5.84. The van der Waals surface area contributed by atoms with E-state index in [0.717, 1.165) is 11.3 Å². The zero-order valence-electron chi connectivity index (χ0n) is 14.4. The Bertz CT molecular complexity index is 862. The number of amides is 2. The van der Waals surface area contributed by atoms with Gasteiger partial charge in [-0.15, -0.1) is 11.3 Å². The molecular formula is C20H19N3O2S. The van der Waals surface area contributed by atoms with E-state index < -0.39 is 0 Å². The van der Waals surface area contributed by atoms with Crippen molar-refractivity contribution in [1.29, 1.82) is 0 Å². The van der Waals surface area contributed by atoms with E-state index in [4.69, 9.17) is 0 Å². The van der Waals surface area contributed by atoms with Crippen molar-refractivity contribution in [3.8, 4) is 0 Å². The molecule has 0 saturated heterocycles. The molecule has 132 valence electrons. The third-order valence-electron chi connectivity index (χ3n) is 3.87. The molecule has 0 aliphatic carbocycles. The lowest BCUT2D eigenvalue weighted by molar-refractivity contribution is 0.0783. The average Bonchev–Trinajstić information content (AvgIpc) is 3.21. The molecule has 5 nitrogen and oxygen atoms in total. The lowest BCUT2D eigenvalue weighted by Crippen LogP contribution is -2.26. The molecule has 1 aromatic carbocycles. The van der Waals surface area contributed by atoms with Gasteiger partial charge in [-0.05, 0) is 41.3 Å². The molecule has 0 bridgehead atoms. The monoisotopic (exact) mass is 365 g/mol. The zero-order valence-corrected chi connectivity index (χ0v) is 15.2. The number of hydrogen-bond acceptors (Lipinski definition) is 4. The first-order chi connectivity index (χ1) is 12.6. The van der Waals surface area contributed by atoms with Crippen LogP contribution in [-0.4, -0.2) is 28.7 Å². The minimum Gasteiger partial charge on any atom is -0.347 e. The molecule has 1 N–H and O–H groups in total. The molecule has 3 aromatic rings. The molecule has 3 rings (SSSR count). The van der Waals surface area contributed by atoms with Crippen LogP contribution in [0.25, 0.3) is 0 Å². The molecule has 0 saturated carbocycles. The largest absolute Gasteiger partial charge is 0.347 e. The highest BCUT2D eigenvalue weighted by Gasteiger charge is 2.12. The van der Waals surface area contributed by atoms with Crippen LogP contribution in [0.5, 0.6) is 0 Å². The van der Waals surface area contributed by atoms with Crippen LogP contribution in [0.4, 0.5) is 0 Å². The maximum absolute atomic E-state index is 12.5. The van der Waals surface area contributed by atoms with Crippen LogP contribution in [0.3, 0.4) is 0 Å². The standard InChI is InChI=1S/C20H19N3O2S/c1-23(14-17-5-2-3-11-21-17)20(25)16-9-7-15(8-10-16)13-22-19(24)18-6-4-12-26-18/h2-12H,13-14H2,1H3,(H,22,24). The maximum Gasteiger partial charge on any atom is 0.261 e. The van der Waals surface area contributed by atoms with E-state index >= 15 is 0 Å². The van der Waals surface area contributed by atoms with Crippen molar-refractivity contribution in [3.63, 3.8) is 0 Å². The third kappa shape index (κ3) is 4.55. The van der Waals surface area contributed by atoms with Gasteiger partial charge in [0.1, 0.15) is 0 Å². The van der Waals surface area contributed by atoms with Gasteiger partial charge >= 0.3 is 0 Å². The first-order valence-electron chi connectivity index (χ1n) is 8.19. The SMILES string of the molecule is CN(Cc1ccccn1)C(=O)c1ccc(CNC(=O)c2cccs2)cc1. The second kappa shape index (κ2) is 8.40. The Morgan fingerprint density at radius 1 is 1.08 bits per heavy atom. The average molecular weight is 365 g/mol. The van der Waals surface area contributed by atoms with Crippen LogP contribution in [-0.2, 0) is 13.1 Å². The Balaban J connectivity index is 1.56. The van der Waals surface area contributed by atoms with Crippen molar-refractivity contribution < 1.29 is 9.59 Å². The third-order valence-corrected chi connectivity index (χ3v) is 4.74. The smallest absolute Gasteiger partial charge is 0.261 e. The zero-order chi connectivity index (χ0) is 18.4. The quantitative estimate of drug-likeness (QED) is 0.729. The summed E-state index contributed by atoms with van der Waals surface area (Å²) >= 11 is 1.41. The predicted octanol–water partition coefficient (Wildman–Crippen LogP) is 3.35. The Morgan fingerprint density at radius 2 is 1.88 bits per heavy atom. The number of carbonyl (C=O) groups excluding carboxylic acids is 2. The molecule has 0 radical (unpaired) electrons. The van der Waals surface area contributed by atoms with E-state index in [1.54, 1.807) is 36.3 Å². The van der Waals surface area contributed by atoms with E-state index in [9.17, 15) is 9.59 Å². The fourth-order valence-corrected chi connectivity index (χ4v) is 3.11. The molecule has 0 aliphatic rings. The van der Waals surface area contributed by atoms with Gasteiger partial charge in [-0.3, -0.25) is 14.6 Å². The van der Waals surface area contributed by atoms with Crippen molar-refractivity contribution in [2.75, 3.05) is 7.05 Å². The van der Waals surface area contributed by atoms with Gasteiger partial charge in [0.25, 0.3) is 11.8 Å². The molecule has 6 heteroatoms. The van der Waals surface area contributed by atoms with Crippen molar-refractivity contribution in [3.05, 3.63) is 87.9 Å². The number of rotatable bonds is 6. The summed E-state index contributed by atoms with van der Waals surface area (Å²) in [6.07, 6.45) is 1.72. The van der Waals surface area contributed by atoms with E-state index in [-0.39, 0.29) is 11.8 Å². The van der Waals surface area contributed by atoms with Gasteiger partial charge < -0.3 is 10.2 Å². The highest BCUT2D eigenvalue weighted by Crippen LogP contribution is 2.11. The topological polar surface area (TPSA) is 62.3 Å². The lowest BCUT2D eigenvalue weighted by Gasteiger charge is -2.17. The number of hydrogen-bond donors (Lipinski definition) is 1. The summed E-state index contributed by atoms with van der Waals surface area (Å²) in [5, 5.41) is 4.75. The number of benzene rings is 1. The maximum atomic E-state index is 12.5. The van der Waals surface area contributed by atoms with Crippen LogP contribution in [0.15, 0.2) is 66.2 Å². The molecule has 0 atom stereocenters. The molecule has 0 unspecified atom stereocenters. The molecule has 0 aliphatic heterocycles. The summed E-state index contributed by atoms with van der Waals surface area (Å²) in [6, 6.07) is 16.6. The van der Waals surface area contributed by atoms with Gasteiger partial charge in [-0.25, -0.2) is 0 Å². The van der Waals surface area contributed by atoms with E-state index in [1.807, 2.05) is 41.8 Å². The Kier molecular flexibility index (Phi) is 5.76. The summed E-state index contributed by atoms with van der Waals surface area (Å²) in [4.78, 5) is 31.0. The number of nitrogens with zero attached hydrogens (tertiary/aromatic N) is 2. The van der Waals surface area contributed by atoms with Gasteiger partial charge in [0.05, 0.1) is 17.1 Å². The number of nitrogens with one attached hydrogen (secondary N) is 1. The molecule has 0 fully saturated rings. The van der Waals surface area contributed by atoms with Crippen LogP contribution >= 0.6 is 11.3 Å². The molecule has 2 aromatic heterocycles. The van der Waals surface area contributed by atoms with Gasteiger partial charge in [0.15, 0.2) is 0 Å². The summed E-state index contributed by atoms with van der Waals surface area (Å²) in [5.74, 6) is -0.153. The van der Waals surface area contributed by atoms with Crippen LogP contribution < -0.4 is 5.32 Å². The molecular weight excluding hydrogens is 346 g/mol. The fourth-order valence-electron chi connectivity index (χ4n) is 2.47. The summed E-state index contributed by atoms with van der Waals surface area (Å²) < 4.78 is 0. The molecule has 2 amide bonds. The lowest BCUT2D eigenvalue weighted by atomic mass is 10.1. The van der Waals surface area contributed by atoms with Crippen molar-refractivity contribution in [1.82, 2.24) is 15.2 Å². The normalized spacial score (nSPS) is 10.3. The van der Waals surface area contributed by atoms with Crippen molar-refractivity contribution in [2.24, 2.45) is 0 Å². The molecule has 26 heavy (non-hydrogen) atoms. The Morgan fingerprint density at radius 3 is 2.54 bits per heavy atom. The van der Waals surface area contributed by atoms with Gasteiger partial charge in [0, 0.05) is 25.4 Å². The predicted molar refractivity (Wildman–Crippen MR) is 102 cm³/mol. The van der Waals surface area contributed by atoms with Gasteiger partial charge in [0.2, 0.25) is 0 Å². The molecule has 0 spiro atoms. The Hall–Kier alpha value is -2.99. The second-order valence-corrected chi connectivity index (χ2v) is 6.79. The number of carbonyl (C=O) groups is 2. The van der Waals surface area contributed by atoms with Crippen molar-refractivity contribution >= 4 is 23.2 Å². The number of thiophene rings is 1. The highest BCUT2D eigenvalue weighted by molar-refractivity contribution is 7.12. The first kappa shape index (κ1) is 17.8. The Labute approximate surface area is 156 Å². The van der Waals surface area contributed by atoms with Crippen LogP contribution in [0.2, 0.25) is 0 Å². The van der Waals surface area contributed by atoms with Gasteiger partial charge in [-0.2, -0.15) is 0 Å². The van der Waals surface area contributed by atoms with Gasteiger partial charge in [-0.1, -0.05) is 24.3 Å². The molecule has 2 heterocycles.